The average molecular weight is 307 g/mol. The van der Waals surface area contributed by atoms with Gasteiger partial charge in [0.15, 0.2) is 6.61 Å². The van der Waals surface area contributed by atoms with Gasteiger partial charge in [0, 0.05) is 25.2 Å². The van der Waals surface area contributed by atoms with Gasteiger partial charge in [0.25, 0.3) is 5.91 Å². The highest BCUT2D eigenvalue weighted by atomic mass is 35.5. The molecule has 0 atom stereocenters. The van der Waals surface area contributed by atoms with Gasteiger partial charge >= 0.3 is 0 Å². The van der Waals surface area contributed by atoms with E-state index in [0.29, 0.717) is 16.3 Å². The first-order chi connectivity index (χ1) is 10.1. The van der Waals surface area contributed by atoms with Crippen LogP contribution < -0.4 is 4.74 Å². The van der Waals surface area contributed by atoms with Crippen molar-refractivity contribution in [2.45, 2.75) is 19.8 Å². The third-order valence-corrected chi connectivity index (χ3v) is 3.63. The van der Waals surface area contributed by atoms with Gasteiger partial charge in [-0.25, -0.2) is 0 Å². The largest absolute Gasteiger partial charge is 0.481 e. The second kappa shape index (κ2) is 7.27. The quantitative estimate of drug-likeness (QED) is 0.820. The Kier molecular flexibility index (Phi) is 5.39. The Morgan fingerprint density at radius 2 is 2.19 bits per heavy atom. The normalized spacial score (nSPS) is 10.6. The van der Waals surface area contributed by atoms with Crippen LogP contribution in [0.2, 0.25) is 5.02 Å². The van der Waals surface area contributed by atoms with Crippen molar-refractivity contribution in [1.82, 2.24) is 9.88 Å². The Labute approximate surface area is 129 Å². The van der Waals surface area contributed by atoms with Crippen molar-refractivity contribution >= 4 is 28.4 Å². The van der Waals surface area contributed by atoms with Crippen molar-refractivity contribution < 1.29 is 9.53 Å². The number of hydrogen-bond acceptors (Lipinski definition) is 3. The van der Waals surface area contributed by atoms with Gasteiger partial charge < -0.3 is 9.64 Å². The zero-order valence-electron chi connectivity index (χ0n) is 12.3. The smallest absolute Gasteiger partial charge is 0.260 e. The first-order valence-corrected chi connectivity index (χ1v) is 7.41. The summed E-state index contributed by atoms with van der Waals surface area (Å²) in [5.41, 5.74) is 0.675. The summed E-state index contributed by atoms with van der Waals surface area (Å²) in [5, 5.41) is 1.44. The van der Waals surface area contributed by atoms with Crippen molar-refractivity contribution in [3.63, 3.8) is 0 Å². The summed E-state index contributed by atoms with van der Waals surface area (Å²) < 4.78 is 5.62. The van der Waals surface area contributed by atoms with Crippen LogP contribution in [0.15, 0.2) is 30.5 Å². The number of ether oxygens (including phenoxy) is 1. The van der Waals surface area contributed by atoms with Gasteiger partial charge in [-0.2, -0.15) is 0 Å². The monoisotopic (exact) mass is 306 g/mol. The van der Waals surface area contributed by atoms with Crippen LogP contribution in [0, 0.1) is 0 Å². The molecule has 21 heavy (non-hydrogen) atoms. The van der Waals surface area contributed by atoms with E-state index in [1.54, 1.807) is 30.3 Å². The first kappa shape index (κ1) is 15.6. The Morgan fingerprint density at radius 1 is 1.38 bits per heavy atom. The highest BCUT2D eigenvalue weighted by Gasteiger charge is 2.11. The van der Waals surface area contributed by atoms with Crippen molar-refractivity contribution in [2.75, 3.05) is 20.2 Å². The molecule has 2 aromatic rings. The molecule has 0 radical (unpaired) electrons. The number of pyridine rings is 1. The first-order valence-electron chi connectivity index (χ1n) is 7.03. The fraction of sp³-hybridized carbons (Fsp3) is 0.375. The zero-order chi connectivity index (χ0) is 15.2. The highest BCUT2D eigenvalue weighted by Crippen LogP contribution is 2.29. The van der Waals surface area contributed by atoms with E-state index < -0.39 is 0 Å². The van der Waals surface area contributed by atoms with E-state index in [4.69, 9.17) is 16.3 Å². The molecule has 0 spiro atoms. The van der Waals surface area contributed by atoms with Gasteiger partial charge in [-0.3, -0.25) is 9.78 Å². The number of amides is 1. The van der Waals surface area contributed by atoms with Crippen LogP contribution in [0.1, 0.15) is 19.8 Å². The van der Waals surface area contributed by atoms with Crippen LogP contribution in [0.25, 0.3) is 10.9 Å². The minimum Gasteiger partial charge on any atom is -0.481 e. The molecule has 0 bridgehead atoms. The average Bonchev–Trinajstić information content (AvgIpc) is 2.52. The Morgan fingerprint density at radius 3 is 2.95 bits per heavy atom. The molecule has 1 aromatic heterocycles. The lowest BCUT2D eigenvalue weighted by atomic mass is 10.2. The fourth-order valence-corrected chi connectivity index (χ4v) is 2.21. The van der Waals surface area contributed by atoms with Crippen LogP contribution in [0.5, 0.6) is 5.75 Å². The van der Waals surface area contributed by atoms with E-state index in [-0.39, 0.29) is 12.5 Å². The number of benzene rings is 1. The van der Waals surface area contributed by atoms with Crippen LogP contribution >= 0.6 is 11.6 Å². The standard InChI is InChI=1S/C16H19ClN2O2/c1-3-4-10-19(2)15(20)11-21-14-8-7-13(17)12-6-5-9-18-16(12)14/h5-9H,3-4,10-11H2,1-2H3. The summed E-state index contributed by atoms with van der Waals surface area (Å²) in [4.78, 5) is 17.9. The summed E-state index contributed by atoms with van der Waals surface area (Å²) in [6.45, 7) is 2.85. The lowest BCUT2D eigenvalue weighted by molar-refractivity contribution is -0.132. The van der Waals surface area contributed by atoms with Gasteiger partial charge in [-0.1, -0.05) is 24.9 Å². The lowest BCUT2D eigenvalue weighted by Crippen LogP contribution is -2.32. The number of halogens is 1. The molecular weight excluding hydrogens is 288 g/mol. The fourth-order valence-electron chi connectivity index (χ4n) is 2.00. The van der Waals surface area contributed by atoms with Gasteiger partial charge in [-0.15, -0.1) is 0 Å². The van der Waals surface area contributed by atoms with E-state index in [1.807, 2.05) is 12.1 Å². The molecule has 5 heteroatoms. The molecule has 1 aromatic carbocycles. The Bertz CT molecular complexity index is 631. The second-order valence-electron chi connectivity index (χ2n) is 4.90. The summed E-state index contributed by atoms with van der Waals surface area (Å²) in [5.74, 6) is 0.537. The summed E-state index contributed by atoms with van der Waals surface area (Å²) in [7, 11) is 1.79. The van der Waals surface area contributed by atoms with Gasteiger partial charge in [-0.05, 0) is 30.7 Å². The Hall–Kier alpha value is -1.81. The maximum absolute atomic E-state index is 12.0. The number of carbonyl (C=O) groups excluding carboxylic acids is 1. The number of fused-ring (bicyclic) bond motifs is 1. The van der Waals surface area contributed by atoms with E-state index in [9.17, 15) is 4.79 Å². The predicted molar refractivity (Wildman–Crippen MR) is 84.8 cm³/mol. The Balaban J connectivity index is 2.07. The van der Waals surface area contributed by atoms with Crippen molar-refractivity contribution in [2.24, 2.45) is 0 Å². The molecule has 4 nitrogen and oxygen atoms in total. The summed E-state index contributed by atoms with van der Waals surface area (Å²) >= 11 is 6.13. The lowest BCUT2D eigenvalue weighted by Gasteiger charge is -2.17. The van der Waals surface area contributed by atoms with Crippen LogP contribution in [0.3, 0.4) is 0 Å². The van der Waals surface area contributed by atoms with Crippen LogP contribution in [-0.4, -0.2) is 36.0 Å². The molecule has 0 unspecified atom stereocenters. The van der Waals surface area contributed by atoms with E-state index in [2.05, 4.69) is 11.9 Å². The minimum absolute atomic E-state index is 0.00746. The van der Waals surface area contributed by atoms with Crippen molar-refractivity contribution in [3.8, 4) is 5.75 Å². The number of carbonyl (C=O) groups is 1. The third kappa shape index (κ3) is 3.85. The predicted octanol–water partition coefficient (Wildman–Crippen LogP) is 3.53. The van der Waals surface area contributed by atoms with E-state index in [0.717, 1.165) is 24.8 Å². The highest BCUT2D eigenvalue weighted by molar-refractivity contribution is 6.35. The third-order valence-electron chi connectivity index (χ3n) is 3.30. The molecule has 2 rings (SSSR count). The summed E-state index contributed by atoms with van der Waals surface area (Å²) in [6, 6.07) is 7.21. The molecule has 0 saturated heterocycles. The molecule has 1 amide bonds. The topological polar surface area (TPSA) is 42.4 Å². The molecule has 112 valence electrons. The van der Waals surface area contributed by atoms with Gasteiger partial charge in [0.2, 0.25) is 0 Å². The molecule has 1 heterocycles. The summed E-state index contributed by atoms with van der Waals surface area (Å²) in [6.07, 6.45) is 3.73. The number of likely N-dealkylation sites (N-methyl/N-ethyl adjacent to an activating group) is 1. The number of rotatable bonds is 6. The number of unbranched alkanes of at least 4 members (excludes halogenated alkanes) is 1. The molecule has 0 aliphatic carbocycles. The van der Waals surface area contributed by atoms with E-state index in [1.165, 1.54) is 0 Å². The maximum atomic E-state index is 12.0. The van der Waals surface area contributed by atoms with Gasteiger partial charge in [0.05, 0.1) is 5.02 Å². The van der Waals surface area contributed by atoms with Crippen LogP contribution in [0.4, 0.5) is 0 Å². The van der Waals surface area contributed by atoms with E-state index >= 15 is 0 Å². The SMILES string of the molecule is CCCCN(C)C(=O)COc1ccc(Cl)c2cccnc12. The zero-order valence-corrected chi connectivity index (χ0v) is 13.1. The molecule has 0 aliphatic heterocycles. The number of nitrogens with zero attached hydrogens (tertiary/aromatic N) is 2. The molecule has 0 N–H and O–H groups in total. The molecule has 0 aliphatic rings. The number of aromatic nitrogens is 1. The van der Waals surface area contributed by atoms with Crippen molar-refractivity contribution in [3.05, 3.63) is 35.5 Å². The van der Waals surface area contributed by atoms with Crippen LogP contribution in [-0.2, 0) is 4.79 Å². The maximum Gasteiger partial charge on any atom is 0.260 e. The van der Waals surface area contributed by atoms with Crippen molar-refractivity contribution in [1.29, 1.82) is 0 Å². The number of hydrogen-bond donors (Lipinski definition) is 0. The molecular formula is C16H19ClN2O2. The second-order valence-corrected chi connectivity index (χ2v) is 5.31. The molecule has 0 saturated carbocycles. The minimum atomic E-state index is -0.0394. The molecule has 0 fully saturated rings. The van der Waals surface area contributed by atoms with Gasteiger partial charge in [0.1, 0.15) is 11.3 Å².